The van der Waals surface area contributed by atoms with Crippen LogP contribution in [0.25, 0.3) is 10.9 Å². The fraction of sp³-hybridized carbons (Fsp3) is 0.435. The van der Waals surface area contributed by atoms with Crippen LogP contribution >= 0.6 is 11.3 Å². The number of benzene rings is 1. The van der Waals surface area contributed by atoms with Crippen molar-refractivity contribution in [2.45, 2.75) is 57.9 Å². The zero-order valence-electron chi connectivity index (χ0n) is 17.3. The minimum atomic E-state index is -0.589. The lowest BCUT2D eigenvalue weighted by molar-refractivity contribution is -0.128. The maximum absolute atomic E-state index is 12.8. The largest absolute Gasteiger partial charge is 0.361 e. The number of aryl methyl sites for hydroxylation is 3. The number of H-pyrrole nitrogens is 1. The van der Waals surface area contributed by atoms with Crippen molar-refractivity contribution in [2.75, 3.05) is 6.54 Å². The number of aromatic amines is 1. The van der Waals surface area contributed by atoms with Gasteiger partial charge in [-0.05, 0) is 43.7 Å². The summed E-state index contributed by atoms with van der Waals surface area (Å²) in [7, 11) is 0. The van der Waals surface area contributed by atoms with Crippen LogP contribution in [-0.2, 0) is 35.3 Å². The highest BCUT2D eigenvalue weighted by Crippen LogP contribution is 2.27. The molecule has 0 aliphatic heterocycles. The highest BCUT2D eigenvalue weighted by molar-refractivity contribution is 7.11. The SMILES string of the molecule is CC(=O)NC(Cc1c[nH]c2ccccc12)C(=O)NCCCc1nc2c(s1)CCCC2. The van der Waals surface area contributed by atoms with E-state index in [2.05, 4.69) is 15.6 Å². The molecule has 1 unspecified atom stereocenters. The predicted molar refractivity (Wildman–Crippen MR) is 120 cm³/mol. The van der Waals surface area contributed by atoms with E-state index in [9.17, 15) is 9.59 Å². The summed E-state index contributed by atoms with van der Waals surface area (Å²) in [6.07, 6.45) is 8.87. The maximum atomic E-state index is 12.8. The molecule has 0 fully saturated rings. The molecule has 2 aromatic heterocycles. The van der Waals surface area contributed by atoms with E-state index >= 15 is 0 Å². The Bertz CT molecular complexity index is 1020. The second kappa shape index (κ2) is 9.43. The summed E-state index contributed by atoms with van der Waals surface area (Å²) >= 11 is 1.83. The number of para-hydroxylation sites is 1. The minimum Gasteiger partial charge on any atom is -0.361 e. The van der Waals surface area contributed by atoms with E-state index in [0.717, 1.165) is 42.1 Å². The Morgan fingerprint density at radius 2 is 2.07 bits per heavy atom. The summed E-state index contributed by atoms with van der Waals surface area (Å²) in [5, 5.41) is 8.04. The summed E-state index contributed by atoms with van der Waals surface area (Å²) in [6, 6.07) is 7.39. The third-order valence-electron chi connectivity index (χ3n) is 5.55. The molecule has 0 saturated carbocycles. The van der Waals surface area contributed by atoms with Crippen molar-refractivity contribution in [2.24, 2.45) is 0 Å². The molecule has 0 spiro atoms. The van der Waals surface area contributed by atoms with Crippen LogP contribution in [0.15, 0.2) is 30.5 Å². The molecule has 2 heterocycles. The van der Waals surface area contributed by atoms with E-state index in [0.29, 0.717) is 13.0 Å². The molecule has 158 valence electrons. The fourth-order valence-electron chi connectivity index (χ4n) is 4.06. The standard InChI is InChI=1S/C23H28N4O2S/c1-15(28)26-20(13-16-14-25-18-8-3-2-7-17(16)18)23(29)24-12-6-11-22-27-19-9-4-5-10-21(19)30-22/h2-3,7-8,14,20,25H,4-6,9-13H2,1H3,(H,24,29)(H,26,28). The highest BCUT2D eigenvalue weighted by atomic mass is 32.1. The molecule has 1 aromatic carbocycles. The third-order valence-corrected chi connectivity index (χ3v) is 6.77. The predicted octanol–water partition coefficient (Wildman–Crippen LogP) is 3.30. The topological polar surface area (TPSA) is 86.9 Å². The number of nitrogens with one attached hydrogen (secondary N) is 3. The summed E-state index contributed by atoms with van der Waals surface area (Å²) in [6.45, 7) is 2.02. The molecule has 6 nitrogen and oxygen atoms in total. The molecule has 1 aliphatic carbocycles. The first-order valence-corrected chi connectivity index (χ1v) is 11.5. The van der Waals surface area contributed by atoms with Crippen LogP contribution in [0.3, 0.4) is 0 Å². The summed E-state index contributed by atoms with van der Waals surface area (Å²) in [5.41, 5.74) is 3.34. The number of aromatic nitrogens is 2. The minimum absolute atomic E-state index is 0.145. The number of fused-ring (bicyclic) bond motifs is 2. The smallest absolute Gasteiger partial charge is 0.242 e. The van der Waals surface area contributed by atoms with Gasteiger partial charge >= 0.3 is 0 Å². The zero-order valence-corrected chi connectivity index (χ0v) is 18.1. The van der Waals surface area contributed by atoms with Crippen LogP contribution in [0.5, 0.6) is 0 Å². The van der Waals surface area contributed by atoms with Crippen LogP contribution < -0.4 is 10.6 Å². The Balaban J connectivity index is 1.32. The van der Waals surface area contributed by atoms with Gasteiger partial charge in [0.25, 0.3) is 0 Å². The van der Waals surface area contributed by atoms with Crippen molar-refractivity contribution in [3.05, 3.63) is 51.6 Å². The van der Waals surface area contributed by atoms with Gasteiger partial charge in [-0.3, -0.25) is 9.59 Å². The monoisotopic (exact) mass is 424 g/mol. The normalized spacial score (nSPS) is 14.3. The lowest BCUT2D eigenvalue weighted by Crippen LogP contribution is -2.47. The highest BCUT2D eigenvalue weighted by Gasteiger charge is 2.21. The number of hydrogen-bond acceptors (Lipinski definition) is 4. The Kier molecular flexibility index (Phi) is 6.47. The maximum Gasteiger partial charge on any atom is 0.242 e. The van der Waals surface area contributed by atoms with Gasteiger partial charge < -0.3 is 15.6 Å². The number of carbonyl (C=O) groups excluding carboxylic acids is 2. The number of thiazole rings is 1. The van der Waals surface area contributed by atoms with Crippen molar-refractivity contribution in [1.29, 1.82) is 0 Å². The molecular weight excluding hydrogens is 396 g/mol. The van der Waals surface area contributed by atoms with Gasteiger partial charge in [0.1, 0.15) is 6.04 Å². The number of amides is 2. The van der Waals surface area contributed by atoms with Gasteiger partial charge in [0, 0.05) is 48.3 Å². The molecule has 1 aliphatic rings. The lowest BCUT2D eigenvalue weighted by atomic mass is 10.0. The van der Waals surface area contributed by atoms with Gasteiger partial charge in [-0.1, -0.05) is 18.2 Å². The lowest BCUT2D eigenvalue weighted by Gasteiger charge is -2.17. The zero-order chi connectivity index (χ0) is 20.9. The van der Waals surface area contributed by atoms with Gasteiger partial charge in [0.15, 0.2) is 0 Å². The van der Waals surface area contributed by atoms with E-state index in [1.165, 1.54) is 35.3 Å². The van der Waals surface area contributed by atoms with Gasteiger partial charge in [-0.25, -0.2) is 4.98 Å². The average molecular weight is 425 g/mol. The van der Waals surface area contributed by atoms with Crippen molar-refractivity contribution >= 4 is 34.1 Å². The van der Waals surface area contributed by atoms with Crippen LogP contribution in [0.4, 0.5) is 0 Å². The van der Waals surface area contributed by atoms with Crippen LogP contribution in [0.1, 0.15) is 47.3 Å². The van der Waals surface area contributed by atoms with Crippen molar-refractivity contribution in [1.82, 2.24) is 20.6 Å². The second-order valence-corrected chi connectivity index (χ2v) is 9.06. The van der Waals surface area contributed by atoms with Gasteiger partial charge in [0.2, 0.25) is 11.8 Å². The molecule has 3 aromatic rings. The Hall–Kier alpha value is -2.67. The van der Waals surface area contributed by atoms with Crippen LogP contribution in [-0.4, -0.2) is 34.4 Å². The van der Waals surface area contributed by atoms with E-state index < -0.39 is 6.04 Å². The Morgan fingerprint density at radius 3 is 2.90 bits per heavy atom. The van der Waals surface area contributed by atoms with Gasteiger partial charge in [0.05, 0.1) is 10.7 Å². The van der Waals surface area contributed by atoms with Crippen molar-refractivity contribution < 1.29 is 9.59 Å². The fourth-order valence-corrected chi connectivity index (χ4v) is 5.26. The number of nitrogens with zero attached hydrogens (tertiary/aromatic N) is 1. The second-order valence-electron chi connectivity index (χ2n) is 7.90. The first-order chi connectivity index (χ1) is 14.6. The van der Waals surface area contributed by atoms with E-state index in [4.69, 9.17) is 4.98 Å². The van der Waals surface area contributed by atoms with Gasteiger partial charge in [-0.15, -0.1) is 11.3 Å². The van der Waals surface area contributed by atoms with Crippen LogP contribution in [0, 0.1) is 0 Å². The quantitative estimate of drug-likeness (QED) is 0.485. The van der Waals surface area contributed by atoms with E-state index in [1.54, 1.807) is 0 Å². The molecule has 0 bridgehead atoms. The molecule has 4 rings (SSSR count). The Morgan fingerprint density at radius 1 is 1.23 bits per heavy atom. The molecule has 0 radical (unpaired) electrons. The summed E-state index contributed by atoms with van der Waals surface area (Å²) in [4.78, 5) is 33.9. The molecule has 7 heteroatoms. The Labute approximate surface area is 180 Å². The van der Waals surface area contributed by atoms with E-state index in [-0.39, 0.29) is 11.8 Å². The molecule has 0 saturated heterocycles. The molecule has 30 heavy (non-hydrogen) atoms. The van der Waals surface area contributed by atoms with Gasteiger partial charge in [-0.2, -0.15) is 0 Å². The summed E-state index contributed by atoms with van der Waals surface area (Å²) < 4.78 is 0. The van der Waals surface area contributed by atoms with E-state index in [1.807, 2.05) is 41.8 Å². The van der Waals surface area contributed by atoms with Crippen molar-refractivity contribution in [3.8, 4) is 0 Å². The van der Waals surface area contributed by atoms with Crippen molar-refractivity contribution in [3.63, 3.8) is 0 Å². The average Bonchev–Trinajstić information content (AvgIpc) is 3.34. The molecule has 2 amide bonds. The number of carbonyl (C=O) groups is 2. The first kappa shape index (κ1) is 20.6. The number of hydrogen-bond donors (Lipinski definition) is 3. The number of rotatable bonds is 8. The van der Waals surface area contributed by atoms with Crippen LogP contribution in [0.2, 0.25) is 0 Å². The molecule has 1 atom stereocenters. The summed E-state index contributed by atoms with van der Waals surface area (Å²) in [5.74, 6) is -0.350. The first-order valence-electron chi connectivity index (χ1n) is 10.7. The molecule has 3 N–H and O–H groups in total. The molecular formula is C23H28N4O2S. The third kappa shape index (κ3) is 4.90.